The van der Waals surface area contributed by atoms with E-state index in [0.717, 1.165) is 22.9 Å². The number of rotatable bonds is 2. The third-order valence-corrected chi connectivity index (χ3v) is 6.69. The van der Waals surface area contributed by atoms with Crippen molar-refractivity contribution in [2.75, 3.05) is 5.32 Å². The van der Waals surface area contributed by atoms with E-state index in [4.69, 9.17) is 0 Å². The van der Waals surface area contributed by atoms with Crippen molar-refractivity contribution in [2.24, 2.45) is 5.92 Å². The summed E-state index contributed by atoms with van der Waals surface area (Å²) in [5.74, 6) is 0.502. The number of fused-ring (bicyclic) bond motifs is 2. The molecule has 0 radical (unpaired) electrons. The molecule has 2 nitrogen and oxygen atoms in total. The molecule has 3 aliphatic rings. The average Bonchev–Trinajstić information content (AvgIpc) is 2.79. The second kappa shape index (κ2) is 6.31. The van der Waals surface area contributed by atoms with Crippen molar-refractivity contribution in [3.63, 3.8) is 0 Å². The second-order valence-corrected chi connectivity index (χ2v) is 8.15. The van der Waals surface area contributed by atoms with Gasteiger partial charge in [0.1, 0.15) is 0 Å². The van der Waals surface area contributed by atoms with Crippen LogP contribution in [0.3, 0.4) is 0 Å². The highest BCUT2D eigenvalue weighted by Crippen LogP contribution is 2.55. The molecule has 0 aromatic heterocycles. The molecule has 0 saturated carbocycles. The Hall–Kier alpha value is -3.39. The summed E-state index contributed by atoms with van der Waals surface area (Å²) in [5, 5.41) is 5.49. The van der Waals surface area contributed by atoms with Crippen LogP contribution in [-0.4, -0.2) is 5.91 Å². The molecule has 0 aliphatic heterocycles. The Balaban J connectivity index is 1.42. The molecule has 1 N–H and O–H groups in total. The van der Waals surface area contributed by atoms with Crippen LogP contribution in [0.5, 0.6) is 0 Å². The summed E-state index contributed by atoms with van der Waals surface area (Å²) < 4.78 is 0. The van der Waals surface area contributed by atoms with Crippen molar-refractivity contribution < 1.29 is 4.79 Å². The molecule has 0 fully saturated rings. The maximum Gasteiger partial charge on any atom is 0.228 e. The molecule has 1 amide bonds. The number of carbonyl (C=O) groups excluding carboxylic acids is 1. The van der Waals surface area contributed by atoms with E-state index in [1.54, 1.807) is 0 Å². The summed E-state index contributed by atoms with van der Waals surface area (Å²) in [6, 6.07) is 31.6. The Morgan fingerprint density at radius 2 is 1.28 bits per heavy atom. The van der Waals surface area contributed by atoms with Gasteiger partial charge in [0.2, 0.25) is 5.91 Å². The van der Waals surface area contributed by atoms with Crippen LogP contribution in [0.15, 0.2) is 91.0 Å². The molecule has 2 bridgehead atoms. The fourth-order valence-electron chi connectivity index (χ4n) is 5.45. The first-order chi connectivity index (χ1) is 14.3. The molecule has 0 saturated heterocycles. The van der Waals surface area contributed by atoms with Gasteiger partial charge in [-0.2, -0.15) is 0 Å². The highest BCUT2D eigenvalue weighted by Gasteiger charge is 2.45. The van der Waals surface area contributed by atoms with Crippen LogP contribution in [0.2, 0.25) is 0 Å². The zero-order chi connectivity index (χ0) is 19.4. The van der Waals surface area contributed by atoms with Gasteiger partial charge in [-0.05, 0) is 40.1 Å². The third kappa shape index (κ3) is 2.45. The van der Waals surface area contributed by atoms with E-state index in [9.17, 15) is 4.79 Å². The summed E-state index contributed by atoms with van der Waals surface area (Å²) in [6.45, 7) is 0. The summed E-state index contributed by atoms with van der Waals surface area (Å²) >= 11 is 0. The first kappa shape index (κ1) is 16.6. The Bertz CT molecular complexity index is 1210. The van der Waals surface area contributed by atoms with Crippen molar-refractivity contribution in [1.29, 1.82) is 0 Å². The number of nitrogens with one attached hydrogen (secondary N) is 1. The van der Waals surface area contributed by atoms with Crippen molar-refractivity contribution in [1.82, 2.24) is 0 Å². The monoisotopic (exact) mass is 375 g/mol. The average molecular weight is 375 g/mol. The first-order valence-electron chi connectivity index (χ1n) is 10.3. The highest BCUT2D eigenvalue weighted by molar-refractivity contribution is 6.03. The van der Waals surface area contributed by atoms with Crippen LogP contribution in [0.25, 0.3) is 10.8 Å². The minimum Gasteiger partial charge on any atom is -0.325 e. The van der Waals surface area contributed by atoms with Gasteiger partial charge in [-0.3, -0.25) is 4.79 Å². The number of amides is 1. The summed E-state index contributed by atoms with van der Waals surface area (Å²) in [7, 11) is 0. The van der Waals surface area contributed by atoms with E-state index < -0.39 is 0 Å². The van der Waals surface area contributed by atoms with Crippen molar-refractivity contribution in [3.8, 4) is 0 Å². The topological polar surface area (TPSA) is 29.1 Å². The van der Waals surface area contributed by atoms with Gasteiger partial charge in [0, 0.05) is 22.9 Å². The summed E-state index contributed by atoms with van der Waals surface area (Å²) in [4.78, 5) is 13.5. The Labute approximate surface area is 170 Å². The highest BCUT2D eigenvalue weighted by atomic mass is 16.1. The molecule has 4 aromatic carbocycles. The zero-order valence-corrected chi connectivity index (χ0v) is 16.0. The maximum absolute atomic E-state index is 13.5. The number of anilines is 1. The Morgan fingerprint density at radius 1 is 0.690 bits per heavy atom. The van der Waals surface area contributed by atoms with E-state index in [1.165, 1.54) is 22.3 Å². The van der Waals surface area contributed by atoms with Crippen LogP contribution in [0.4, 0.5) is 5.69 Å². The largest absolute Gasteiger partial charge is 0.325 e. The molecular formula is C27H21NO. The summed E-state index contributed by atoms with van der Waals surface area (Å²) in [6.07, 6.45) is 0.870. The SMILES string of the molecule is O=C(Nc1cccc2ccccc12)C1CC2c3ccccc3C1c1ccccc12. The molecular weight excluding hydrogens is 354 g/mol. The van der Waals surface area contributed by atoms with E-state index in [-0.39, 0.29) is 17.7 Å². The predicted octanol–water partition coefficient (Wildman–Crippen LogP) is 6.08. The maximum atomic E-state index is 13.5. The first-order valence-corrected chi connectivity index (χ1v) is 10.3. The smallest absolute Gasteiger partial charge is 0.228 e. The van der Waals surface area contributed by atoms with Gasteiger partial charge in [-0.15, -0.1) is 0 Å². The van der Waals surface area contributed by atoms with E-state index in [1.807, 2.05) is 24.3 Å². The molecule has 2 heteroatoms. The number of benzene rings is 4. The lowest BCUT2D eigenvalue weighted by Gasteiger charge is -2.44. The fourth-order valence-corrected chi connectivity index (χ4v) is 5.45. The minimum absolute atomic E-state index is 0.0521. The van der Waals surface area contributed by atoms with Gasteiger partial charge in [0.05, 0.1) is 5.92 Å². The number of hydrogen-bond acceptors (Lipinski definition) is 1. The van der Waals surface area contributed by atoms with Crippen LogP contribution in [-0.2, 0) is 4.79 Å². The lowest BCUT2D eigenvalue weighted by atomic mass is 9.59. The quantitative estimate of drug-likeness (QED) is 0.452. The molecule has 0 heterocycles. The lowest BCUT2D eigenvalue weighted by molar-refractivity contribution is -0.121. The molecule has 1 atom stereocenters. The molecule has 140 valence electrons. The lowest BCUT2D eigenvalue weighted by Crippen LogP contribution is -2.38. The molecule has 1 unspecified atom stereocenters. The van der Waals surface area contributed by atoms with E-state index in [2.05, 4.69) is 72.0 Å². The van der Waals surface area contributed by atoms with Crippen molar-refractivity contribution in [3.05, 3.63) is 113 Å². The minimum atomic E-state index is -0.0521. The molecule has 7 rings (SSSR count). The second-order valence-electron chi connectivity index (χ2n) is 8.15. The van der Waals surface area contributed by atoms with Gasteiger partial charge in [0.15, 0.2) is 0 Å². The molecule has 4 aromatic rings. The van der Waals surface area contributed by atoms with Crippen molar-refractivity contribution >= 4 is 22.4 Å². The van der Waals surface area contributed by atoms with Crippen molar-refractivity contribution in [2.45, 2.75) is 18.3 Å². The van der Waals surface area contributed by atoms with Crippen LogP contribution in [0, 0.1) is 5.92 Å². The number of hydrogen-bond donors (Lipinski definition) is 1. The molecule has 29 heavy (non-hydrogen) atoms. The van der Waals surface area contributed by atoms with Gasteiger partial charge in [-0.1, -0.05) is 84.9 Å². The van der Waals surface area contributed by atoms with Gasteiger partial charge in [0.25, 0.3) is 0 Å². The van der Waals surface area contributed by atoms with Gasteiger partial charge >= 0.3 is 0 Å². The fraction of sp³-hybridized carbons (Fsp3) is 0.148. The molecule has 0 spiro atoms. The predicted molar refractivity (Wildman–Crippen MR) is 117 cm³/mol. The Kier molecular flexibility index (Phi) is 3.60. The van der Waals surface area contributed by atoms with Gasteiger partial charge < -0.3 is 5.32 Å². The third-order valence-electron chi connectivity index (χ3n) is 6.69. The van der Waals surface area contributed by atoms with Crippen LogP contribution >= 0.6 is 0 Å². The van der Waals surface area contributed by atoms with E-state index >= 15 is 0 Å². The van der Waals surface area contributed by atoms with Gasteiger partial charge in [-0.25, -0.2) is 0 Å². The van der Waals surface area contributed by atoms with Crippen LogP contribution < -0.4 is 5.32 Å². The normalized spacial score (nSPS) is 21.4. The van der Waals surface area contributed by atoms with E-state index in [0.29, 0.717) is 5.92 Å². The summed E-state index contributed by atoms with van der Waals surface area (Å²) in [5.41, 5.74) is 6.33. The molecule has 3 aliphatic carbocycles. The zero-order valence-electron chi connectivity index (χ0n) is 16.0. The number of carbonyl (C=O) groups is 1. The Morgan fingerprint density at radius 3 is 2.00 bits per heavy atom. The standard InChI is InChI=1S/C27H21NO/c29-27(28-25-15-7-9-17-8-1-2-10-18(17)25)24-16-23-19-11-3-5-13-21(19)26(24)22-14-6-4-12-20(22)23/h1-15,23-24,26H,16H2,(H,28,29). The van der Waals surface area contributed by atoms with Crippen LogP contribution in [0.1, 0.15) is 40.5 Å².